The molecule has 19 heavy (non-hydrogen) atoms. The Bertz CT molecular complexity index is 599. The van der Waals surface area contributed by atoms with Gasteiger partial charge in [-0.3, -0.25) is 0 Å². The van der Waals surface area contributed by atoms with Crippen LogP contribution in [0.15, 0.2) is 40.9 Å². The molecule has 0 aliphatic carbocycles. The summed E-state index contributed by atoms with van der Waals surface area (Å²) in [4.78, 5) is 0. The maximum absolute atomic E-state index is 13.5. The van der Waals surface area contributed by atoms with Gasteiger partial charge in [-0.15, -0.1) is 0 Å². The van der Waals surface area contributed by atoms with E-state index in [1.807, 2.05) is 13.0 Å². The van der Waals surface area contributed by atoms with Crippen molar-refractivity contribution in [3.63, 3.8) is 0 Å². The molecule has 2 rings (SSSR count). The predicted molar refractivity (Wildman–Crippen MR) is 77.3 cm³/mol. The Morgan fingerprint density at radius 3 is 2.47 bits per heavy atom. The van der Waals surface area contributed by atoms with Gasteiger partial charge in [0.1, 0.15) is 11.6 Å². The smallest absolute Gasteiger partial charge is 0.128 e. The Kier molecular flexibility index (Phi) is 4.20. The van der Waals surface area contributed by atoms with Crippen molar-refractivity contribution in [2.75, 3.05) is 5.32 Å². The zero-order chi connectivity index (χ0) is 14.0. The Hall–Kier alpha value is -1.42. The summed E-state index contributed by atoms with van der Waals surface area (Å²) in [6, 6.07) is 9.50. The zero-order valence-corrected chi connectivity index (χ0v) is 12.3. The van der Waals surface area contributed by atoms with Crippen molar-refractivity contribution in [1.82, 2.24) is 0 Å². The van der Waals surface area contributed by atoms with Crippen molar-refractivity contribution in [2.24, 2.45) is 0 Å². The molecular weight excluding hydrogens is 312 g/mol. The van der Waals surface area contributed by atoms with Crippen LogP contribution in [0.2, 0.25) is 0 Å². The van der Waals surface area contributed by atoms with E-state index < -0.39 is 0 Å². The molecule has 2 aromatic carbocycles. The van der Waals surface area contributed by atoms with Crippen LogP contribution in [-0.2, 0) is 0 Å². The molecule has 1 N–H and O–H groups in total. The van der Waals surface area contributed by atoms with Gasteiger partial charge in [0.25, 0.3) is 0 Å². The van der Waals surface area contributed by atoms with Gasteiger partial charge in [-0.1, -0.05) is 28.1 Å². The van der Waals surface area contributed by atoms with E-state index in [2.05, 4.69) is 21.2 Å². The molecule has 0 saturated heterocycles. The number of hydrogen-bond acceptors (Lipinski definition) is 1. The lowest BCUT2D eigenvalue weighted by molar-refractivity contribution is 0.618. The quantitative estimate of drug-likeness (QED) is 0.816. The van der Waals surface area contributed by atoms with E-state index in [4.69, 9.17) is 0 Å². The third-order valence-electron chi connectivity index (χ3n) is 2.98. The lowest BCUT2D eigenvalue weighted by atomic mass is 10.1. The molecule has 100 valence electrons. The lowest BCUT2D eigenvalue weighted by Crippen LogP contribution is -2.07. The molecule has 0 aromatic heterocycles. The first-order valence-corrected chi connectivity index (χ1v) is 6.74. The van der Waals surface area contributed by atoms with E-state index in [1.165, 1.54) is 18.2 Å². The van der Waals surface area contributed by atoms with Crippen molar-refractivity contribution in [3.05, 3.63) is 63.6 Å². The van der Waals surface area contributed by atoms with Crippen LogP contribution < -0.4 is 5.32 Å². The number of aryl methyl sites for hydroxylation is 1. The summed E-state index contributed by atoms with van der Waals surface area (Å²) < 4.78 is 27.2. The second kappa shape index (κ2) is 5.70. The predicted octanol–water partition coefficient (Wildman–Crippen LogP) is 5.21. The van der Waals surface area contributed by atoms with Gasteiger partial charge < -0.3 is 5.32 Å². The van der Waals surface area contributed by atoms with Gasteiger partial charge in [0.2, 0.25) is 0 Å². The monoisotopic (exact) mass is 325 g/mol. The van der Waals surface area contributed by atoms with Crippen LogP contribution in [0, 0.1) is 18.6 Å². The molecule has 0 amide bonds. The van der Waals surface area contributed by atoms with Gasteiger partial charge in [0.15, 0.2) is 0 Å². The molecule has 1 unspecified atom stereocenters. The minimum Gasteiger partial charge on any atom is -0.378 e. The number of halogens is 3. The molecule has 0 spiro atoms. The Balaban J connectivity index is 2.20. The minimum atomic E-state index is -0.288. The van der Waals surface area contributed by atoms with E-state index in [0.29, 0.717) is 15.7 Å². The van der Waals surface area contributed by atoms with E-state index in [0.717, 1.165) is 5.56 Å². The second-order valence-electron chi connectivity index (χ2n) is 4.50. The highest BCUT2D eigenvalue weighted by Crippen LogP contribution is 2.27. The molecule has 2 aromatic rings. The van der Waals surface area contributed by atoms with E-state index in [-0.39, 0.29) is 17.7 Å². The third kappa shape index (κ3) is 3.32. The zero-order valence-electron chi connectivity index (χ0n) is 10.7. The standard InChI is InChI=1S/C15H14BrF2N/c1-9-3-5-12(8-15(9)18)19-10(2)13-6-4-11(17)7-14(13)16/h3-8,10,19H,1-2H3. The summed E-state index contributed by atoms with van der Waals surface area (Å²) >= 11 is 3.33. The van der Waals surface area contributed by atoms with Crippen LogP contribution in [0.3, 0.4) is 0 Å². The van der Waals surface area contributed by atoms with Gasteiger partial charge in [0, 0.05) is 16.2 Å². The summed E-state index contributed by atoms with van der Waals surface area (Å²) in [5.41, 5.74) is 2.23. The van der Waals surface area contributed by atoms with Crippen molar-refractivity contribution >= 4 is 21.6 Å². The molecule has 0 saturated carbocycles. The molecule has 1 nitrogen and oxygen atoms in total. The summed E-state index contributed by atoms with van der Waals surface area (Å²) in [6.45, 7) is 3.66. The Morgan fingerprint density at radius 1 is 1.11 bits per heavy atom. The summed E-state index contributed by atoms with van der Waals surface area (Å²) in [5, 5.41) is 3.19. The molecule has 0 bridgehead atoms. The lowest BCUT2D eigenvalue weighted by Gasteiger charge is -2.17. The van der Waals surface area contributed by atoms with Gasteiger partial charge in [-0.25, -0.2) is 8.78 Å². The maximum atomic E-state index is 13.5. The van der Waals surface area contributed by atoms with Crippen LogP contribution in [-0.4, -0.2) is 0 Å². The van der Waals surface area contributed by atoms with Crippen LogP contribution in [0.1, 0.15) is 24.1 Å². The summed E-state index contributed by atoms with van der Waals surface area (Å²) in [7, 11) is 0. The highest BCUT2D eigenvalue weighted by Gasteiger charge is 2.10. The largest absolute Gasteiger partial charge is 0.378 e. The van der Waals surface area contributed by atoms with Crippen LogP contribution in [0.5, 0.6) is 0 Å². The van der Waals surface area contributed by atoms with Crippen LogP contribution in [0.25, 0.3) is 0 Å². The van der Waals surface area contributed by atoms with Gasteiger partial charge in [0.05, 0.1) is 0 Å². The first-order chi connectivity index (χ1) is 8.97. The summed E-state index contributed by atoms with van der Waals surface area (Å²) in [6.07, 6.45) is 0. The van der Waals surface area contributed by atoms with Crippen LogP contribution in [0.4, 0.5) is 14.5 Å². The molecule has 0 aliphatic heterocycles. The van der Waals surface area contributed by atoms with Gasteiger partial charge >= 0.3 is 0 Å². The maximum Gasteiger partial charge on any atom is 0.128 e. The van der Waals surface area contributed by atoms with Crippen LogP contribution >= 0.6 is 15.9 Å². The van der Waals surface area contributed by atoms with Crippen molar-refractivity contribution in [3.8, 4) is 0 Å². The number of anilines is 1. The molecule has 1 atom stereocenters. The fraction of sp³-hybridized carbons (Fsp3) is 0.200. The number of nitrogens with one attached hydrogen (secondary N) is 1. The average molecular weight is 326 g/mol. The topological polar surface area (TPSA) is 12.0 Å². The molecule has 0 heterocycles. The van der Waals surface area contributed by atoms with E-state index >= 15 is 0 Å². The molecule has 0 fully saturated rings. The van der Waals surface area contributed by atoms with Gasteiger partial charge in [-0.2, -0.15) is 0 Å². The fourth-order valence-electron chi connectivity index (χ4n) is 1.86. The first kappa shape index (κ1) is 14.0. The normalized spacial score (nSPS) is 12.3. The van der Waals surface area contributed by atoms with E-state index in [9.17, 15) is 8.78 Å². The molecule has 4 heteroatoms. The summed E-state index contributed by atoms with van der Waals surface area (Å²) in [5.74, 6) is -0.528. The fourth-order valence-corrected chi connectivity index (χ4v) is 2.56. The third-order valence-corrected chi connectivity index (χ3v) is 3.67. The SMILES string of the molecule is Cc1ccc(NC(C)c2ccc(F)cc2Br)cc1F. The minimum absolute atomic E-state index is 0.0583. The van der Waals surface area contributed by atoms with Crippen molar-refractivity contribution < 1.29 is 8.78 Å². The van der Waals surface area contributed by atoms with E-state index in [1.54, 1.807) is 19.1 Å². The highest BCUT2D eigenvalue weighted by atomic mass is 79.9. The molecule has 0 aliphatic rings. The highest BCUT2D eigenvalue weighted by molar-refractivity contribution is 9.10. The average Bonchev–Trinajstić information content (AvgIpc) is 2.33. The molecule has 0 radical (unpaired) electrons. The first-order valence-electron chi connectivity index (χ1n) is 5.95. The Morgan fingerprint density at radius 2 is 1.84 bits per heavy atom. The number of rotatable bonds is 3. The van der Waals surface area contributed by atoms with Crippen molar-refractivity contribution in [2.45, 2.75) is 19.9 Å². The van der Waals surface area contributed by atoms with Gasteiger partial charge in [-0.05, 0) is 49.2 Å². The van der Waals surface area contributed by atoms with Crippen molar-refractivity contribution in [1.29, 1.82) is 0 Å². The molecular formula is C15H14BrF2N. The second-order valence-corrected chi connectivity index (χ2v) is 5.35. The number of hydrogen-bond donors (Lipinski definition) is 1. The Labute approximate surface area is 119 Å². The number of benzene rings is 2.